The van der Waals surface area contributed by atoms with E-state index in [1.165, 1.54) is 10.6 Å². The first-order valence-electron chi connectivity index (χ1n) is 8.45. The van der Waals surface area contributed by atoms with Gasteiger partial charge < -0.3 is 9.13 Å². The third-order valence-electron chi connectivity index (χ3n) is 4.90. The maximum Gasteiger partial charge on any atom is 0.433 e. The molecule has 0 fully saturated rings. The van der Waals surface area contributed by atoms with Gasteiger partial charge in [0.25, 0.3) is 0 Å². The predicted molar refractivity (Wildman–Crippen MR) is 101 cm³/mol. The summed E-state index contributed by atoms with van der Waals surface area (Å²) >= 11 is 0. The smallest absolute Gasteiger partial charge is 0.331 e. The van der Waals surface area contributed by atoms with E-state index in [2.05, 4.69) is 15.0 Å². The second-order valence-corrected chi connectivity index (χ2v) is 8.86. The number of aryl methyl sites for hydroxylation is 3. The van der Waals surface area contributed by atoms with Crippen molar-refractivity contribution in [3.05, 3.63) is 35.9 Å². The van der Waals surface area contributed by atoms with Gasteiger partial charge in [0.05, 0.1) is 33.2 Å². The van der Waals surface area contributed by atoms with E-state index in [0.717, 1.165) is 18.5 Å². The number of alkyl halides is 3. The lowest BCUT2D eigenvalue weighted by Crippen LogP contribution is -2.07. The summed E-state index contributed by atoms with van der Waals surface area (Å²) in [5.74, 6) is 0.910. The van der Waals surface area contributed by atoms with Crippen LogP contribution in [0.1, 0.15) is 11.5 Å². The molecule has 0 radical (unpaired) electrons. The molecule has 0 atom stereocenters. The van der Waals surface area contributed by atoms with Gasteiger partial charge in [-0.2, -0.15) is 13.2 Å². The molecule has 0 amide bonds. The van der Waals surface area contributed by atoms with E-state index in [-0.39, 0.29) is 21.8 Å². The number of fused-ring (bicyclic) bond motifs is 2. The number of sulfone groups is 1. The molecule has 3 heterocycles. The van der Waals surface area contributed by atoms with Crippen LogP contribution in [0.2, 0.25) is 0 Å². The summed E-state index contributed by atoms with van der Waals surface area (Å²) in [5.41, 5.74) is 0.825. The molecule has 0 aliphatic carbocycles. The topological polar surface area (TPSA) is 82.7 Å². The van der Waals surface area contributed by atoms with Crippen LogP contribution in [0.25, 0.3) is 33.5 Å². The fourth-order valence-corrected chi connectivity index (χ4v) is 4.18. The summed E-state index contributed by atoms with van der Waals surface area (Å²) < 4.78 is 67.2. The van der Waals surface area contributed by atoms with Gasteiger partial charge in [0.2, 0.25) is 0 Å². The minimum absolute atomic E-state index is 0.0235. The van der Waals surface area contributed by atoms with E-state index in [9.17, 15) is 21.6 Å². The summed E-state index contributed by atoms with van der Waals surface area (Å²) in [5, 5.41) is 0. The number of pyridine rings is 1. The van der Waals surface area contributed by atoms with Crippen molar-refractivity contribution < 1.29 is 21.6 Å². The quantitative estimate of drug-likeness (QED) is 0.494. The molecule has 4 rings (SSSR count). The van der Waals surface area contributed by atoms with Crippen LogP contribution < -0.4 is 0 Å². The standard InChI is InChI=1S/C18H16F3N5O2S/c1-9-23-11-5-10(15(29(4,27)28)7-13(11)25(9)2)17-24-12-6-16(18(19,20)21)22-8-14(12)26(17)3/h5-8H,1-4H3. The highest BCUT2D eigenvalue weighted by Crippen LogP contribution is 2.34. The number of halogens is 3. The highest BCUT2D eigenvalue weighted by atomic mass is 32.2. The van der Waals surface area contributed by atoms with Crippen molar-refractivity contribution in [2.45, 2.75) is 18.0 Å². The van der Waals surface area contributed by atoms with Crippen molar-refractivity contribution in [3.63, 3.8) is 0 Å². The summed E-state index contributed by atoms with van der Waals surface area (Å²) in [6.45, 7) is 1.79. The fraction of sp³-hybridized carbons (Fsp3) is 0.278. The number of hydrogen-bond donors (Lipinski definition) is 0. The van der Waals surface area contributed by atoms with Crippen molar-refractivity contribution in [2.75, 3.05) is 6.26 Å². The van der Waals surface area contributed by atoms with Crippen LogP contribution in [-0.2, 0) is 30.1 Å². The zero-order chi connectivity index (χ0) is 21.3. The first kappa shape index (κ1) is 19.4. The van der Waals surface area contributed by atoms with Crippen LogP contribution in [0.5, 0.6) is 0 Å². The Balaban J connectivity index is 2.05. The van der Waals surface area contributed by atoms with Crippen LogP contribution in [0.15, 0.2) is 29.3 Å². The molecule has 0 saturated carbocycles. The van der Waals surface area contributed by atoms with E-state index < -0.39 is 21.7 Å². The Morgan fingerprint density at radius 2 is 1.62 bits per heavy atom. The molecular formula is C18H16F3N5O2S. The molecular weight excluding hydrogens is 407 g/mol. The normalized spacial score (nSPS) is 12.9. The molecule has 0 aliphatic heterocycles. The Bertz CT molecular complexity index is 1400. The fourth-order valence-electron chi connectivity index (χ4n) is 3.31. The number of rotatable bonds is 2. The molecule has 0 saturated heterocycles. The molecule has 7 nitrogen and oxygen atoms in total. The minimum atomic E-state index is -4.60. The molecule has 1 aromatic carbocycles. The van der Waals surface area contributed by atoms with Crippen LogP contribution in [0.4, 0.5) is 13.2 Å². The van der Waals surface area contributed by atoms with Gasteiger partial charge in [-0.25, -0.2) is 23.4 Å². The van der Waals surface area contributed by atoms with Crippen molar-refractivity contribution in [1.29, 1.82) is 0 Å². The van der Waals surface area contributed by atoms with Crippen LogP contribution in [-0.4, -0.2) is 38.8 Å². The monoisotopic (exact) mass is 423 g/mol. The van der Waals surface area contributed by atoms with E-state index in [0.29, 0.717) is 22.4 Å². The van der Waals surface area contributed by atoms with Gasteiger partial charge in [-0.05, 0) is 25.1 Å². The lowest BCUT2D eigenvalue weighted by atomic mass is 10.2. The van der Waals surface area contributed by atoms with Crippen molar-refractivity contribution in [2.24, 2.45) is 14.1 Å². The van der Waals surface area contributed by atoms with E-state index in [1.54, 1.807) is 31.7 Å². The van der Waals surface area contributed by atoms with Gasteiger partial charge in [-0.3, -0.25) is 0 Å². The molecule has 11 heteroatoms. The first-order valence-corrected chi connectivity index (χ1v) is 10.3. The Labute approximate surface area is 163 Å². The SMILES string of the molecule is Cc1nc2cc(-c3nc4cc(C(F)(F)F)ncc4n3C)c(S(C)(=O)=O)cc2n1C. The van der Waals surface area contributed by atoms with E-state index in [1.807, 2.05) is 0 Å². The van der Waals surface area contributed by atoms with Gasteiger partial charge >= 0.3 is 6.18 Å². The van der Waals surface area contributed by atoms with Crippen LogP contribution in [0.3, 0.4) is 0 Å². The van der Waals surface area contributed by atoms with Gasteiger partial charge in [0.15, 0.2) is 9.84 Å². The van der Waals surface area contributed by atoms with Crippen molar-refractivity contribution in [3.8, 4) is 11.4 Å². The summed E-state index contributed by atoms with van der Waals surface area (Å²) in [4.78, 5) is 12.2. The molecule has 0 N–H and O–H groups in total. The highest BCUT2D eigenvalue weighted by Gasteiger charge is 2.33. The van der Waals surface area contributed by atoms with Crippen LogP contribution >= 0.6 is 0 Å². The number of aromatic nitrogens is 5. The molecule has 0 aliphatic rings. The summed E-state index contributed by atoms with van der Waals surface area (Å²) in [7, 11) is -0.286. The number of imidazole rings is 2. The maximum atomic E-state index is 13.0. The van der Waals surface area contributed by atoms with Gasteiger partial charge in [-0.15, -0.1) is 0 Å². The largest absolute Gasteiger partial charge is 0.433 e. The Hall–Kier alpha value is -2.95. The average Bonchev–Trinajstić information content (AvgIpc) is 3.09. The first-order chi connectivity index (χ1) is 13.4. The number of benzene rings is 1. The van der Waals surface area contributed by atoms with Gasteiger partial charge in [-0.1, -0.05) is 0 Å². The molecule has 0 unspecified atom stereocenters. The summed E-state index contributed by atoms with van der Waals surface area (Å²) in [6.07, 6.45) is -2.45. The predicted octanol–water partition coefficient (Wildman–Crippen LogP) is 3.25. The molecule has 152 valence electrons. The maximum absolute atomic E-state index is 13.0. The average molecular weight is 423 g/mol. The van der Waals surface area contributed by atoms with Gasteiger partial charge in [0, 0.05) is 25.9 Å². The lowest BCUT2D eigenvalue weighted by molar-refractivity contribution is -0.141. The number of hydrogen-bond acceptors (Lipinski definition) is 5. The van der Waals surface area contributed by atoms with E-state index in [4.69, 9.17) is 0 Å². The van der Waals surface area contributed by atoms with Crippen molar-refractivity contribution in [1.82, 2.24) is 24.1 Å². The molecule has 3 aromatic heterocycles. The second kappa shape index (κ2) is 6.02. The van der Waals surface area contributed by atoms with Crippen LogP contribution in [0, 0.1) is 6.92 Å². The minimum Gasteiger partial charge on any atom is -0.331 e. The molecule has 29 heavy (non-hydrogen) atoms. The van der Waals surface area contributed by atoms with E-state index >= 15 is 0 Å². The zero-order valence-electron chi connectivity index (χ0n) is 15.9. The molecule has 0 spiro atoms. The second-order valence-electron chi connectivity index (χ2n) is 6.88. The molecule has 0 bridgehead atoms. The third-order valence-corrected chi connectivity index (χ3v) is 6.04. The Kier molecular flexibility index (Phi) is 4.02. The molecule has 4 aromatic rings. The zero-order valence-corrected chi connectivity index (χ0v) is 16.7. The van der Waals surface area contributed by atoms with Gasteiger partial charge in [0.1, 0.15) is 17.3 Å². The highest BCUT2D eigenvalue weighted by molar-refractivity contribution is 7.90. The van der Waals surface area contributed by atoms with Crippen molar-refractivity contribution >= 4 is 31.9 Å². The third kappa shape index (κ3) is 3.05. The Morgan fingerprint density at radius 3 is 2.24 bits per heavy atom. The Morgan fingerprint density at radius 1 is 0.966 bits per heavy atom. The number of nitrogens with zero attached hydrogens (tertiary/aromatic N) is 5. The summed E-state index contributed by atoms with van der Waals surface area (Å²) in [6, 6.07) is 3.96. The lowest BCUT2D eigenvalue weighted by Gasteiger charge is -2.09.